The van der Waals surface area contributed by atoms with Gasteiger partial charge in [-0.15, -0.1) is 0 Å². The summed E-state index contributed by atoms with van der Waals surface area (Å²) >= 11 is 0. The van der Waals surface area contributed by atoms with E-state index in [1.54, 1.807) is 18.5 Å². The fourth-order valence-electron chi connectivity index (χ4n) is 1.00. The lowest BCUT2D eigenvalue weighted by molar-refractivity contribution is -0.116. The van der Waals surface area contributed by atoms with E-state index in [2.05, 4.69) is 10.3 Å². The lowest BCUT2D eigenvalue weighted by Crippen LogP contribution is -2.20. The highest BCUT2D eigenvalue weighted by Crippen LogP contribution is 1.94. The van der Waals surface area contributed by atoms with E-state index in [0.29, 0.717) is 6.54 Å². The van der Waals surface area contributed by atoms with Gasteiger partial charge in [-0.1, -0.05) is 18.2 Å². The average molecular weight is 202 g/mol. The van der Waals surface area contributed by atoms with E-state index >= 15 is 0 Å². The molecule has 1 rings (SSSR count). The van der Waals surface area contributed by atoms with Crippen molar-refractivity contribution in [3.8, 4) is 0 Å². The summed E-state index contributed by atoms with van der Waals surface area (Å²) in [6.45, 7) is 2.43. The molecule has 1 aromatic rings. The highest BCUT2D eigenvalue weighted by atomic mass is 16.1. The Hall–Kier alpha value is -1.90. The molecular formula is C12H14N2O. The number of aromatic nitrogens is 1. The SMILES string of the molecule is C/C=C/C=C/C(=O)NCc1ccncc1. The molecule has 0 aliphatic carbocycles. The fourth-order valence-corrected chi connectivity index (χ4v) is 1.00. The second kappa shape index (κ2) is 6.54. The van der Waals surface area contributed by atoms with Crippen LogP contribution in [0.5, 0.6) is 0 Å². The van der Waals surface area contributed by atoms with Gasteiger partial charge in [0.15, 0.2) is 0 Å². The number of carbonyl (C=O) groups is 1. The first-order valence-corrected chi connectivity index (χ1v) is 4.79. The van der Waals surface area contributed by atoms with Crippen molar-refractivity contribution in [3.05, 3.63) is 54.4 Å². The predicted molar refractivity (Wildman–Crippen MR) is 60.0 cm³/mol. The van der Waals surface area contributed by atoms with E-state index < -0.39 is 0 Å². The molecule has 0 bridgehead atoms. The largest absolute Gasteiger partial charge is 0.348 e. The maximum absolute atomic E-state index is 11.2. The molecule has 1 amide bonds. The Bertz CT molecular complexity index is 355. The molecule has 15 heavy (non-hydrogen) atoms. The molecule has 3 heteroatoms. The minimum atomic E-state index is -0.0927. The van der Waals surface area contributed by atoms with Crippen LogP contribution >= 0.6 is 0 Å². The maximum atomic E-state index is 11.2. The third kappa shape index (κ3) is 4.76. The highest BCUT2D eigenvalue weighted by Gasteiger charge is 1.94. The molecule has 0 aliphatic rings. The van der Waals surface area contributed by atoms with Gasteiger partial charge in [0.25, 0.3) is 0 Å². The van der Waals surface area contributed by atoms with Gasteiger partial charge in [0.1, 0.15) is 0 Å². The number of carbonyl (C=O) groups excluding carboxylic acids is 1. The molecule has 0 aliphatic heterocycles. The first kappa shape index (κ1) is 11.2. The minimum Gasteiger partial charge on any atom is -0.348 e. The number of nitrogens with one attached hydrogen (secondary N) is 1. The van der Waals surface area contributed by atoms with Gasteiger partial charge >= 0.3 is 0 Å². The van der Waals surface area contributed by atoms with Crippen LogP contribution in [0.15, 0.2) is 48.8 Å². The van der Waals surface area contributed by atoms with E-state index in [0.717, 1.165) is 5.56 Å². The van der Waals surface area contributed by atoms with Gasteiger partial charge in [0.2, 0.25) is 5.91 Å². The third-order valence-electron chi connectivity index (χ3n) is 1.77. The first-order valence-electron chi connectivity index (χ1n) is 4.79. The maximum Gasteiger partial charge on any atom is 0.244 e. The summed E-state index contributed by atoms with van der Waals surface area (Å²) in [6, 6.07) is 3.74. The molecular weight excluding hydrogens is 188 g/mol. The molecule has 0 aromatic carbocycles. The number of hydrogen-bond donors (Lipinski definition) is 1. The van der Waals surface area contributed by atoms with E-state index in [-0.39, 0.29) is 5.91 Å². The monoisotopic (exact) mass is 202 g/mol. The number of rotatable bonds is 4. The standard InChI is InChI=1S/C12H14N2O/c1-2-3-4-5-12(15)14-10-11-6-8-13-9-7-11/h2-9H,10H2,1H3,(H,14,15)/b3-2+,5-4+. The van der Waals surface area contributed by atoms with Gasteiger partial charge in [0, 0.05) is 25.0 Å². The van der Waals surface area contributed by atoms with E-state index in [1.807, 2.05) is 31.2 Å². The highest BCUT2D eigenvalue weighted by molar-refractivity contribution is 5.87. The number of nitrogens with zero attached hydrogens (tertiary/aromatic N) is 1. The van der Waals surface area contributed by atoms with Crippen LogP contribution in [-0.4, -0.2) is 10.9 Å². The summed E-state index contributed by atoms with van der Waals surface area (Å²) in [5.74, 6) is -0.0927. The van der Waals surface area contributed by atoms with Crippen LogP contribution in [0.4, 0.5) is 0 Å². The summed E-state index contributed by atoms with van der Waals surface area (Å²) in [4.78, 5) is 15.1. The quantitative estimate of drug-likeness (QED) is 0.598. The zero-order valence-electron chi connectivity index (χ0n) is 8.68. The Balaban J connectivity index is 2.35. The molecule has 0 atom stereocenters. The lowest BCUT2D eigenvalue weighted by atomic mass is 10.3. The van der Waals surface area contributed by atoms with Crippen LogP contribution in [0.2, 0.25) is 0 Å². The number of pyridine rings is 1. The zero-order valence-corrected chi connectivity index (χ0v) is 8.68. The number of amides is 1. The van der Waals surface area contributed by atoms with Crippen molar-refractivity contribution in [1.82, 2.24) is 10.3 Å². The molecule has 0 saturated carbocycles. The Labute approximate surface area is 89.5 Å². The van der Waals surface area contributed by atoms with E-state index in [1.165, 1.54) is 6.08 Å². The number of allylic oxidation sites excluding steroid dienone is 3. The van der Waals surface area contributed by atoms with Crippen molar-refractivity contribution in [3.63, 3.8) is 0 Å². The second-order valence-corrected chi connectivity index (χ2v) is 2.96. The van der Waals surface area contributed by atoms with Crippen molar-refractivity contribution in [2.45, 2.75) is 13.5 Å². The van der Waals surface area contributed by atoms with Crippen molar-refractivity contribution in [1.29, 1.82) is 0 Å². The van der Waals surface area contributed by atoms with Crippen LogP contribution in [0, 0.1) is 0 Å². The van der Waals surface area contributed by atoms with Gasteiger partial charge in [-0.25, -0.2) is 0 Å². The molecule has 1 N–H and O–H groups in total. The van der Waals surface area contributed by atoms with Crippen molar-refractivity contribution in [2.75, 3.05) is 0 Å². The molecule has 0 fully saturated rings. The molecule has 1 heterocycles. The zero-order chi connectivity index (χ0) is 10.9. The van der Waals surface area contributed by atoms with Crippen LogP contribution in [0.3, 0.4) is 0 Å². The van der Waals surface area contributed by atoms with E-state index in [4.69, 9.17) is 0 Å². The van der Waals surface area contributed by atoms with Gasteiger partial charge in [-0.05, 0) is 24.6 Å². The summed E-state index contributed by atoms with van der Waals surface area (Å²) < 4.78 is 0. The Morgan fingerprint density at radius 3 is 2.80 bits per heavy atom. The minimum absolute atomic E-state index is 0.0927. The average Bonchev–Trinajstić information content (AvgIpc) is 2.28. The van der Waals surface area contributed by atoms with E-state index in [9.17, 15) is 4.79 Å². The molecule has 3 nitrogen and oxygen atoms in total. The molecule has 0 saturated heterocycles. The normalized spacial score (nSPS) is 11.0. The van der Waals surface area contributed by atoms with Gasteiger partial charge < -0.3 is 5.32 Å². The molecule has 0 radical (unpaired) electrons. The Morgan fingerprint density at radius 2 is 2.13 bits per heavy atom. The van der Waals surface area contributed by atoms with Crippen LogP contribution in [0.25, 0.3) is 0 Å². The van der Waals surface area contributed by atoms with Gasteiger partial charge in [-0.3, -0.25) is 9.78 Å². The summed E-state index contributed by atoms with van der Waals surface area (Å²) in [7, 11) is 0. The van der Waals surface area contributed by atoms with Crippen molar-refractivity contribution < 1.29 is 4.79 Å². The smallest absolute Gasteiger partial charge is 0.244 e. The Kier molecular flexibility index (Phi) is 4.87. The van der Waals surface area contributed by atoms with Gasteiger partial charge in [0.05, 0.1) is 0 Å². The van der Waals surface area contributed by atoms with Crippen LogP contribution < -0.4 is 5.32 Å². The number of hydrogen-bond acceptors (Lipinski definition) is 2. The molecule has 1 aromatic heterocycles. The molecule has 0 spiro atoms. The Morgan fingerprint density at radius 1 is 1.40 bits per heavy atom. The van der Waals surface area contributed by atoms with Gasteiger partial charge in [-0.2, -0.15) is 0 Å². The second-order valence-electron chi connectivity index (χ2n) is 2.96. The summed E-state index contributed by atoms with van der Waals surface area (Å²) in [5.41, 5.74) is 1.04. The first-order chi connectivity index (χ1) is 7.33. The fraction of sp³-hybridized carbons (Fsp3) is 0.167. The summed E-state index contributed by atoms with van der Waals surface area (Å²) in [6.07, 6.45) is 10.3. The third-order valence-corrected chi connectivity index (χ3v) is 1.77. The lowest BCUT2D eigenvalue weighted by Gasteiger charge is -2.00. The summed E-state index contributed by atoms with van der Waals surface area (Å²) in [5, 5.41) is 2.77. The topological polar surface area (TPSA) is 42.0 Å². The molecule has 78 valence electrons. The van der Waals surface area contributed by atoms with Crippen molar-refractivity contribution in [2.24, 2.45) is 0 Å². The molecule has 0 unspecified atom stereocenters. The van der Waals surface area contributed by atoms with Crippen LogP contribution in [-0.2, 0) is 11.3 Å². The van der Waals surface area contributed by atoms with Crippen LogP contribution in [0.1, 0.15) is 12.5 Å². The van der Waals surface area contributed by atoms with Crippen molar-refractivity contribution >= 4 is 5.91 Å². The predicted octanol–water partition coefficient (Wildman–Crippen LogP) is 1.83.